The molecule has 374 valence electrons. The Labute approximate surface area is 388 Å². The molecule has 2 rings (SSSR count). The molecule has 0 bridgehead atoms. The number of nitrogens with zero attached hydrogens (tertiary/aromatic N) is 1. The van der Waals surface area contributed by atoms with Crippen LogP contribution in [0.1, 0.15) is 78.7 Å². The summed E-state index contributed by atoms with van der Waals surface area (Å²) in [5.41, 5.74) is 11.6. The van der Waals surface area contributed by atoms with Crippen LogP contribution in [0.2, 0.25) is 0 Å². The van der Waals surface area contributed by atoms with Gasteiger partial charge in [-0.15, -0.1) is 0 Å². The molecule has 0 aromatic heterocycles. The van der Waals surface area contributed by atoms with E-state index in [0.29, 0.717) is 24.8 Å². The largest absolute Gasteiger partial charge is 0.480 e. The van der Waals surface area contributed by atoms with Gasteiger partial charge in [0.15, 0.2) is 0 Å². The zero-order valence-corrected chi connectivity index (χ0v) is 38.5. The molecule has 11 atom stereocenters. The summed E-state index contributed by atoms with van der Waals surface area (Å²) in [5, 5.41) is 55.8. The van der Waals surface area contributed by atoms with Gasteiger partial charge in [-0.05, 0) is 43.6 Å². The lowest BCUT2D eigenvalue weighted by atomic mass is 9.96. The van der Waals surface area contributed by atoms with Crippen molar-refractivity contribution in [3.05, 3.63) is 35.9 Å². The molecule has 0 spiro atoms. The molecule has 24 nitrogen and oxygen atoms in total. The fraction of sp³-hybridized carbons (Fsp3) is 0.628. The van der Waals surface area contributed by atoms with Gasteiger partial charge in [-0.1, -0.05) is 70.9 Å². The maximum absolute atomic E-state index is 14.1. The number of aliphatic hydroxyl groups is 3. The van der Waals surface area contributed by atoms with E-state index < -0.39 is 158 Å². The summed E-state index contributed by atoms with van der Waals surface area (Å²) in [6, 6.07) is -4.21. The van der Waals surface area contributed by atoms with Gasteiger partial charge in [0.05, 0.1) is 19.8 Å². The van der Waals surface area contributed by atoms with E-state index in [0.717, 1.165) is 0 Å². The van der Waals surface area contributed by atoms with E-state index >= 15 is 0 Å². The molecule has 1 aliphatic heterocycles. The van der Waals surface area contributed by atoms with E-state index in [2.05, 4.69) is 37.2 Å². The van der Waals surface area contributed by atoms with Crippen LogP contribution in [0.3, 0.4) is 0 Å². The first-order chi connectivity index (χ1) is 31.6. The number of aliphatic hydroxyl groups excluding tert-OH is 3. The van der Waals surface area contributed by atoms with E-state index in [1.54, 1.807) is 58.0 Å². The van der Waals surface area contributed by atoms with Crippen molar-refractivity contribution >= 4 is 59.1 Å². The number of nitrogens with two attached hydrogens (primary N) is 2. The van der Waals surface area contributed by atoms with Gasteiger partial charge in [-0.25, -0.2) is 4.79 Å². The molecule has 1 fully saturated rings. The number of carbonyl (C=O) groups is 10. The third kappa shape index (κ3) is 17.5. The van der Waals surface area contributed by atoms with Crippen LogP contribution in [0.4, 0.5) is 0 Å². The summed E-state index contributed by atoms with van der Waals surface area (Å²) in [4.78, 5) is 132. The summed E-state index contributed by atoms with van der Waals surface area (Å²) in [5.74, 6) is -10.5. The van der Waals surface area contributed by atoms with Crippen molar-refractivity contribution in [2.24, 2.45) is 23.3 Å². The predicted octanol–water partition coefficient (Wildman–Crippen LogP) is -4.62. The van der Waals surface area contributed by atoms with Crippen LogP contribution >= 0.6 is 0 Å². The number of nitrogens with one attached hydrogen (secondary N) is 7. The Morgan fingerprint density at radius 1 is 0.657 bits per heavy atom. The van der Waals surface area contributed by atoms with Gasteiger partial charge in [0, 0.05) is 19.4 Å². The summed E-state index contributed by atoms with van der Waals surface area (Å²) in [7, 11) is 0. The van der Waals surface area contributed by atoms with Gasteiger partial charge in [-0.3, -0.25) is 43.2 Å². The van der Waals surface area contributed by atoms with Crippen LogP contribution in [-0.2, 0) is 54.4 Å². The zero-order valence-electron chi connectivity index (χ0n) is 38.5. The Hall–Kier alpha value is -6.24. The first-order valence-electron chi connectivity index (χ1n) is 22.2. The first-order valence-corrected chi connectivity index (χ1v) is 22.2. The number of carboxylic acid groups (broad SMARTS) is 1. The normalized spacial score (nSPS) is 17.9. The number of benzene rings is 1. The van der Waals surface area contributed by atoms with Crippen molar-refractivity contribution in [1.82, 2.24) is 42.1 Å². The number of likely N-dealkylation sites (tertiary alicyclic amines) is 1. The number of rotatable bonds is 28. The number of hydrogen-bond acceptors (Lipinski definition) is 14. The van der Waals surface area contributed by atoms with Gasteiger partial charge in [0.1, 0.15) is 54.4 Å². The molecule has 9 amide bonds. The molecule has 67 heavy (non-hydrogen) atoms. The highest BCUT2D eigenvalue weighted by Gasteiger charge is 2.39. The van der Waals surface area contributed by atoms with Gasteiger partial charge in [0.25, 0.3) is 0 Å². The Bertz CT molecular complexity index is 1890. The second kappa shape index (κ2) is 28.1. The van der Waals surface area contributed by atoms with Crippen molar-refractivity contribution in [1.29, 1.82) is 0 Å². The predicted molar refractivity (Wildman–Crippen MR) is 238 cm³/mol. The van der Waals surface area contributed by atoms with Gasteiger partial charge in [0.2, 0.25) is 53.2 Å². The van der Waals surface area contributed by atoms with Crippen LogP contribution in [-0.4, -0.2) is 165 Å². The summed E-state index contributed by atoms with van der Waals surface area (Å²) < 4.78 is 0. The van der Waals surface area contributed by atoms with E-state index in [1.165, 1.54) is 11.8 Å². The Morgan fingerprint density at radius 3 is 1.67 bits per heavy atom. The number of hydrogen-bond donors (Lipinski definition) is 13. The molecular weight excluding hydrogens is 881 g/mol. The lowest BCUT2D eigenvalue weighted by Gasteiger charge is -2.29. The van der Waals surface area contributed by atoms with E-state index in [9.17, 15) is 68.4 Å². The Balaban J connectivity index is 2.32. The number of carboxylic acids is 1. The minimum atomic E-state index is -1.80. The highest BCUT2D eigenvalue weighted by molar-refractivity contribution is 5.98. The molecule has 0 aliphatic carbocycles. The zero-order chi connectivity index (χ0) is 50.5. The van der Waals surface area contributed by atoms with E-state index in [-0.39, 0.29) is 19.4 Å². The van der Waals surface area contributed by atoms with Crippen LogP contribution in [0.5, 0.6) is 0 Å². The second-order valence-corrected chi connectivity index (χ2v) is 16.6. The minimum absolute atomic E-state index is 0.154. The highest BCUT2D eigenvalue weighted by atomic mass is 16.4. The maximum atomic E-state index is 14.1. The van der Waals surface area contributed by atoms with Crippen molar-refractivity contribution in [2.45, 2.75) is 134 Å². The number of primary amides is 1. The summed E-state index contributed by atoms with van der Waals surface area (Å²) >= 11 is 0. The van der Waals surface area contributed by atoms with E-state index in [4.69, 9.17) is 11.5 Å². The van der Waals surface area contributed by atoms with Crippen molar-refractivity contribution in [3.63, 3.8) is 0 Å². The molecule has 24 heteroatoms. The van der Waals surface area contributed by atoms with Crippen LogP contribution < -0.4 is 48.7 Å². The molecule has 0 saturated carbocycles. The summed E-state index contributed by atoms with van der Waals surface area (Å²) in [6.45, 7) is 5.60. The molecule has 0 radical (unpaired) electrons. The molecule has 1 aromatic rings. The molecule has 0 unspecified atom stereocenters. The van der Waals surface area contributed by atoms with Crippen molar-refractivity contribution < 1.29 is 68.4 Å². The fourth-order valence-corrected chi connectivity index (χ4v) is 6.97. The van der Waals surface area contributed by atoms with Crippen LogP contribution in [0.15, 0.2) is 30.3 Å². The third-order valence-corrected chi connectivity index (χ3v) is 11.5. The smallest absolute Gasteiger partial charge is 0.326 e. The average molecular weight is 949 g/mol. The van der Waals surface area contributed by atoms with Crippen molar-refractivity contribution in [2.75, 3.05) is 26.4 Å². The topological polar surface area (TPSA) is 391 Å². The highest BCUT2D eigenvalue weighted by Crippen LogP contribution is 2.19. The molecular formula is C43H68N10O14. The van der Waals surface area contributed by atoms with Crippen LogP contribution in [0, 0.1) is 11.8 Å². The van der Waals surface area contributed by atoms with E-state index in [1.807, 2.05) is 0 Å². The maximum Gasteiger partial charge on any atom is 0.326 e. The number of carbonyl (C=O) groups excluding carboxylic acids is 9. The SMILES string of the molecule is CC[C@H](C)[C@H](NC(=O)[C@H](CO)NC(=O)[C@H](CO)NC(=O)[C@H](CCC(N)=O)NC(=O)[C@H](Cc1ccccc1)NC(=O)[C@@H](NC(=O)[C@H](C)NC(=O)[C@@H]1CCCN1C(=O)[C@@H](N)CO)[C@@H](C)CC)C(=O)O. The fourth-order valence-electron chi connectivity index (χ4n) is 6.97. The minimum Gasteiger partial charge on any atom is -0.480 e. The number of aliphatic carboxylic acids is 1. The molecule has 1 aromatic carbocycles. The second-order valence-electron chi connectivity index (χ2n) is 16.6. The van der Waals surface area contributed by atoms with Crippen LogP contribution in [0.25, 0.3) is 0 Å². The van der Waals surface area contributed by atoms with Gasteiger partial charge in [-0.2, -0.15) is 0 Å². The Morgan fingerprint density at radius 2 is 1.15 bits per heavy atom. The standard InChI is InChI=1S/C43H68N10O14/c1-6-22(3)33(51-35(58)24(5)46-40(63)31-14-11-17-53(31)42(65)26(44)19-54)41(64)48-28(18-25-12-9-8-10-13-25)37(60)47-27(15-16-32(45)57)36(59)49-29(20-55)38(61)50-30(21-56)39(62)52-34(43(66)67)23(4)7-2/h8-10,12-13,22-24,26-31,33-34,54-56H,6-7,11,14-21,44H2,1-5H3,(H2,45,57)(H,46,63)(H,47,60)(H,48,64)(H,49,59)(H,50,61)(H,51,58)(H,52,62)(H,66,67)/t22-,23-,24-,26-,27-,28-,29-,30-,31-,33-,34-/m0/s1. The average Bonchev–Trinajstić information content (AvgIpc) is 3.81. The lowest BCUT2D eigenvalue weighted by Crippen LogP contribution is -2.61. The molecule has 1 aliphatic rings. The monoisotopic (exact) mass is 948 g/mol. The number of amides is 9. The summed E-state index contributed by atoms with van der Waals surface area (Å²) in [6.07, 6.45) is 0.462. The molecule has 1 saturated heterocycles. The van der Waals surface area contributed by atoms with Gasteiger partial charge < -0.3 is 74.0 Å². The quantitative estimate of drug-likeness (QED) is 0.0376. The lowest BCUT2D eigenvalue weighted by molar-refractivity contribution is -0.144. The first kappa shape index (κ1) is 56.9. The van der Waals surface area contributed by atoms with Gasteiger partial charge >= 0.3 is 5.97 Å². The Kier molecular flexibility index (Phi) is 23.8. The molecule has 1 heterocycles. The molecule has 15 N–H and O–H groups in total. The van der Waals surface area contributed by atoms with Crippen molar-refractivity contribution in [3.8, 4) is 0 Å². The third-order valence-electron chi connectivity index (χ3n) is 11.5.